The first-order valence-corrected chi connectivity index (χ1v) is 7.39. The molecule has 2 atom stereocenters. The second kappa shape index (κ2) is 6.83. The number of nitrogens with two attached hydrogens (primary N) is 1. The normalized spacial score (nSPS) is 14.0. The summed E-state index contributed by atoms with van der Waals surface area (Å²) in [6.07, 6.45) is -1.43. The predicted octanol–water partition coefficient (Wildman–Crippen LogP) is 4.16. The molecule has 0 bridgehead atoms. The molecule has 0 aliphatic rings. The molecule has 0 saturated carbocycles. The van der Waals surface area contributed by atoms with Crippen LogP contribution in [0.4, 0.5) is 8.78 Å². The van der Waals surface area contributed by atoms with Gasteiger partial charge in [0.25, 0.3) is 0 Å². The van der Waals surface area contributed by atoms with Crippen molar-refractivity contribution in [2.45, 2.75) is 12.0 Å². The maximum atomic E-state index is 14.0. The second-order valence-electron chi connectivity index (χ2n) is 4.59. The molecule has 2 rings (SSSR count). The maximum absolute atomic E-state index is 14.0. The molecule has 6 heteroatoms. The molecule has 0 aliphatic carbocycles. The van der Waals surface area contributed by atoms with Crippen LogP contribution in [0.5, 0.6) is 0 Å². The van der Waals surface area contributed by atoms with E-state index in [-0.39, 0.29) is 11.0 Å². The highest BCUT2D eigenvalue weighted by atomic mass is 79.9. The summed E-state index contributed by atoms with van der Waals surface area (Å²) in [4.78, 5) is 0. The van der Waals surface area contributed by atoms with Gasteiger partial charge in [0.1, 0.15) is 11.6 Å². The number of benzene rings is 2. The Bertz CT molecular complexity index is 630. The average Bonchev–Trinajstić information content (AvgIpc) is 2.40. The van der Waals surface area contributed by atoms with E-state index in [2.05, 4.69) is 15.9 Å². The average molecular weight is 377 g/mol. The molecule has 0 spiro atoms. The molecule has 0 heterocycles. The van der Waals surface area contributed by atoms with Crippen molar-refractivity contribution in [3.8, 4) is 0 Å². The Hall–Kier alpha value is -1.01. The van der Waals surface area contributed by atoms with Crippen molar-refractivity contribution in [3.05, 3.63) is 68.7 Å². The number of aliphatic hydroxyl groups excluding tert-OH is 1. The van der Waals surface area contributed by atoms with Crippen LogP contribution >= 0.6 is 27.5 Å². The molecule has 0 fully saturated rings. The number of aliphatic hydroxyl groups is 1. The van der Waals surface area contributed by atoms with Crippen molar-refractivity contribution >= 4 is 27.5 Å². The molecule has 21 heavy (non-hydrogen) atoms. The Kier molecular flexibility index (Phi) is 5.32. The third-order valence-electron chi connectivity index (χ3n) is 3.28. The minimum atomic E-state index is -1.43. The lowest BCUT2D eigenvalue weighted by atomic mass is 9.88. The summed E-state index contributed by atoms with van der Waals surface area (Å²) < 4.78 is 28.2. The fourth-order valence-corrected chi connectivity index (χ4v) is 2.92. The molecule has 2 unspecified atom stereocenters. The van der Waals surface area contributed by atoms with Gasteiger partial charge < -0.3 is 10.8 Å². The minimum absolute atomic E-state index is 0.000155. The zero-order valence-electron chi connectivity index (χ0n) is 10.9. The van der Waals surface area contributed by atoms with E-state index in [0.29, 0.717) is 10.6 Å². The molecule has 112 valence electrons. The Morgan fingerprint density at radius 3 is 2.29 bits per heavy atom. The number of hydrogen-bond acceptors (Lipinski definition) is 2. The summed E-state index contributed by atoms with van der Waals surface area (Å²) in [5.41, 5.74) is 5.81. The molecule has 2 aromatic carbocycles. The van der Waals surface area contributed by atoms with Crippen LogP contribution in [0.25, 0.3) is 0 Å². The Morgan fingerprint density at radius 1 is 1.19 bits per heavy atom. The Labute approximate surface area is 134 Å². The second-order valence-corrected chi connectivity index (χ2v) is 5.91. The lowest BCUT2D eigenvalue weighted by Gasteiger charge is -2.24. The fourth-order valence-electron chi connectivity index (χ4n) is 2.24. The van der Waals surface area contributed by atoms with Crippen LogP contribution in [0.15, 0.2) is 40.9 Å². The van der Waals surface area contributed by atoms with E-state index in [1.165, 1.54) is 0 Å². The van der Waals surface area contributed by atoms with Crippen LogP contribution in [-0.2, 0) is 0 Å². The van der Waals surface area contributed by atoms with Crippen molar-refractivity contribution in [2.75, 3.05) is 6.54 Å². The van der Waals surface area contributed by atoms with E-state index in [4.69, 9.17) is 17.3 Å². The Balaban J connectivity index is 2.47. The number of hydrogen-bond donors (Lipinski definition) is 2. The molecule has 0 saturated heterocycles. The van der Waals surface area contributed by atoms with E-state index >= 15 is 0 Å². The highest BCUT2D eigenvalue weighted by molar-refractivity contribution is 9.10. The van der Waals surface area contributed by atoms with Gasteiger partial charge in [0.15, 0.2) is 0 Å². The van der Waals surface area contributed by atoms with Gasteiger partial charge in [-0.2, -0.15) is 0 Å². The molecule has 0 aliphatic heterocycles. The number of halogens is 4. The lowest BCUT2D eigenvalue weighted by Crippen LogP contribution is -2.22. The van der Waals surface area contributed by atoms with E-state index in [1.54, 1.807) is 24.3 Å². The van der Waals surface area contributed by atoms with Gasteiger partial charge >= 0.3 is 0 Å². The van der Waals surface area contributed by atoms with Gasteiger partial charge in [-0.1, -0.05) is 45.7 Å². The predicted molar refractivity (Wildman–Crippen MR) is 82.3 cm³/mol. The highest BCUT2D eigenvalue weighted by Gasteiger charge is 2.28. The van der Waals surface area contributed by atoms with E-state index < -0.39 is 29.2 Å². The largest absolute Gasteiger partial charge is 0.388 e. The first-order valence-electron chi connectivity index (χ1n) is 6.22. The topological polar surface area (TPSA) is 46.2 Å². The molecular weight excluding hydrogens is 364 g/mol. The standard InChI is InChI=1S/C15H13BrClF2NO/c16-8-5-12(18)14(13(19)6-8)15(21)10(7-20)9-3-1-2-4-11(9)17/h1-6,10,15,21H,7,20H2. The van der Waals surface area contributed by atoms with Gasteiger partial charge in [-0.25, -0.2) is 8.78 Å². The van der Waals surface area contributed by atoms with E-state index in [0.717, 1.165) is 12.1 Å². The molecule has 0 amide bonds. The third kappa shape index (κ3) is 3.43. The SMILES string of the molecule is NCC(c1ccccc1Cl)C(O)c1c(F)cc(Br)cc1F. The first kappa shape index (κ1) is 16.4. The van der Waals surface area contributed by atoms with Crippen molar-refractivity contribution in [1.29, 1.82) is 0 Å². The van der Waals surface area contributed by atoms with Crippen molar-refractivity contribution in [1.82, 2.24) is 0 Å². The van der Waals surface area contributed by atoms with Gasteiger partial charge in [-0.15, -0.1) is 0 Å². The van der Waals surface area contributed by atoms with Crippen LogP contribution in [0, 0.1) is 11.6 Å². The van der Waals surface area contributed by atoms with Crippen molar-refractivity contribution in [2.24, 2.45) is 5.73 Å². The highest BCUT2D eigenvalue weighted by Crippen LogP contribution is 2.36. The fraction of sp³-hybridized carbons (Fsp3) is 0.200. The minimum Gasteiger partial charge on any atom is -0.388 e. The van der Waals surface area contributed by atoms with Crippen molar-refractivity contribution in [3.63, 3.8) is 0 Å². The molecule has 2 nitrogen and oxygen atoms in total. The Morgan fingerprint density at radius 2 is 1.76 bits per heavy atom. The summed E-state index contributed by atoms with van der Waals surface area (Å²) in [6, 6.07) is 8.97. The molecule has 0 radical (unpaired) electrons. The molecule has 0 aromatic heterocycles. The smallest absolute Gasteiger partial charge is 0.133 e. The van der Waals surface area contributed by atoms with E-state index in [1.807, 2.05) is 0 Å². The third-order valence-corrected chi connectivity index (χ3v) is 4.08. The van der Waals surface area contributed by atoms with Gasteiger partial charge in [0, 0.05) is 22.0 Å². The molecule has 3 N–H and O–H groups in total. The van der Waals surface area contributed by atoms with Gasteiger partial charge in [0.2, 0.25) is 0 Å². The van der Waals surface area contributed by atoms with Crippen LogP contribution < -0.4 is 5.73 Å². The van der Waals surface area contributed by atoms with Crippen molar-refractivity contribution < 1.29 is 13.9 Å². The summed E-state index contributed by atoms with van der Waals surface area (Å²) >= 11 is 9.07. The molecule has 2 aromatic rings. The molecular formula is C15H13BrClF2NO. The van der Waals surface area contributed by atoms with Gasteiger partial charge in [-0.05, 0) is 23.8 Å². The van der Waals surface area contributed by atoms with Gasteiger partial charge in [0.05, 0.1) is 11.7 Å². The zero-order valence-corrected chi connectivity index (χ0v) is 13.2. The van der Waals surface area contributed by atoms with E-state index in [9.17, 15) is 13.9 Å². The summed E-state index contributed by atoms with van der Waals surface area (Å²) in [5, 5.41) is 10.8. The van der Waals surface area contributed by atoms with Crippen LogP contribution in [-0.4, -0.2) is 11.7 Å². The van der Waals surface area contributed by atoms with Crippen LogP contribution in [0.2, 0.25) is 5.02 Å². The van der Waals surface area contributed by atoms with Crippen LogP contribution in [0.3, 0.4) is 0 Å². The summed E-state index contributed by atoms with van der Waals surface area (Å²) in [6.45, 7) is -0.000155. The van der Waals surface area contributed by atoms with Gasteiger partial charge in [-0.3, -0.25) is 0 Å². The maximum Gasteiger partial charge on any atom is 0.133 e. The summed E-state index contributed by atoms with van der Waals surface area (Å²) in [5.74, 6) is -2.37. The monoisotopic (exact) mass is 375 g/mol. The zero-order chi connectivity index (χ0) is 15.6. The first-order chi connectivity index (χ1) is 9.95. The number of rotatable bonds is 4. The lowest BCUT2D eigenvalue weighted by molar-refractivity contribution is 0.138. The van der Waals surface area contributed by atoms with Crippen LogP contribution in [0.1, 0.15) is 23.1 Å². The summed E-state index contributed by atoms with van der Waals surface area (Å²) in [7, 11) is 0. The quantitative estimate of drug-likeness (QED) is 0.842.